The average Bonchev–Trinajstić information content (AvgIpc) is 3.06. The maximum atomic E-state index is 12.0. The molecule has 144 valence electrons. The minimum atomic E-state index is -0.748. The van der Waals surface area contributed by atoms with Gasteiger partial charge in [0, 0.05) is 11.6 Å². The Morgan fingerprint density at radius 3 is 2.71 bits per heavy atom. The second-order valence-corrected chi connectivity index (χ2v) is 6.77. The number of amides is 1. The van der Waals surface area contributed by atoms with Crippen molar-refractivity contribution in [3.8, 4) is 5.75 Å². The predicted octanol–water partition coefficient (Wildman–Crippen LogP) is 3.32. The highest BCUT2D eigenvalue weighted by atomic mass is 32.1. The number of methoxy groups -OCH3 is 1. The molecule has 0 unspecified atom stereocenters. The van der Waals surface area contributed by atoms with Gasteiger partial charge in [-0.2, -0.15) is 0 Å². The second-order valence-electron chi connectivity index (χ2n) is 5.74. The molecule has 3 aromatic rings. The lowest BCUT2D eigenvalue weighted by Gasteiger charge is -2.05. The van der Waals surface area contributed by atoms with Gasteiger partial charge in [-0.15, -0.1) is 0 Å². The fraction of sp³-hybridized carbons (Fsp3) is 0.167. The van der Waals surface area contributed by atoms with Crippen molar-refractivity contribution in [1.29, 1.82) is 0 Å². The first-order valence-electron chi connectivity index (χ1n) is 8.04. The molecule has 1 aromatic heterocycles. The van der Waals surface area contributed by atoms with Gasteiger partial charge in [0.15, 0.2) is 11.7 Å². The van der Waals surface area contributed by atoms with Crippen molar-refractivity contribution in [2.24, 2.45) is 0 Å². The van der Waals surface area contributed by atoms with Crippen LogP contribution >= 0.6 is 11.3 Å². The van der Waals surface area contributed by atoms with Gasteiger partial charge in [0.2, 0.25) is 0 Å². The smallest absolute Gasteiger partial charge is 0.338 e. The summed E-state index contributed by atoms with van der Waals surface area (Å²) in [5.41, 5.74) is 1.07. The lowest BCUT2D eigenvalue weighted by molar-refractivity contribution is -0.385. The highest BCUT2D eigenvalue weighted by molar-refractivity contribution is 7.22. The number of nitrogens with zero attached hydrogens (tertiary/aromatic N) is 2. The van der Waals surface area contributed by atoms with Gasteiger partial charge in [0.05, 0.1) is 27.8 Å². The number of ether oxygens (including phenoxy) is 2. The van der Waals surface area contributed by atoms with E-state index in [1.165, 1.54) is 36.5 Å². The van der Waals surface area contributed by atoms with E-state index in [-0.39, 0.29) is 11.3 Å². The minimum absolute atomic E-state index is 0.0956. The Hall–Kier alpha value is -3.53. The van der Waals surface area contributed by atoms with E-state index >= 15 is 0 Å². The Balaban J connectivity index is 1.60. The van der Waals surface area contributed by atoms with E-state index in [0.717, 1.165) is 4.70 Å². The normalized spacial score (nSPS) is 10.5. The maximum absolute atomic E-state index is 12.0. The zero-order chi connectivity index (χ0) is 20.3. The first-order valence-corrected chi connectivity index (χ1v) is 8.85. The molecule has 0 fully saturated rings. The molecule has 0 aliphatic heterocycles. The van der Waals surface area contributed by atoms with Crippen LogP contribution in [0.3, 0.4) is 0 Å². The number of aromatic nitrogens is 1. The van der Waals surface area contributed by atoms with Crippen molar-refractivity contribution >= 4 is 44.2 Å². The molecular formula is C18H15N3O6S. The quantitative estimate of drug-likeness (QED) is 0.382. The molecule has 0 spiro atoms. The van der Waals surface area contributed by atoms with Crippen molar-refractivity contribution in [3.63, 3.8) is 0 Å². The Labute approximate surface area is 163 Å². The molecule has 1 heterocycles. The van der Waals surface area contributed by atoms with Crippen LogP contribution in [0.15, 0.2) is 36.4 Å². The third-order valence-corrected chi connectivity index (χ3v) is 4.74. The Morgan fingerprint density at radius 1 is 1.25 bits per heavy atom. The number of rotatable bonds is 6. The molecule has 1 amide bonds. The SMILES string of the molecule is COc1ccc2nc(NC(=O)COC(=O)c3ccc([N+](=O)[O-])c(C)c3)sc2c1. The zero-order valence-electron chi connectivity index (χ0n) is 14.9. The van der Waals surface area contributed by atoms with E-state index in [9.17, 15) is 19.7 Å². The maximum Gasteiger partial charge on any atom is 0.338 e. The van der Waals surface area contributed by atoms with Crippen molar-refractivity contribution in [2.75, 3.05) is 19.0 Å². The van der Waals surface area contributed by atoms with Crippen molar-refractivity contribution in [1.82, 2.24) is 4.98 Å². The number of fused-ring (bicyclic) bond motifs is 1. The number of benzene rings is 2. The summed E-state index contributed by atoms with van der Waals surface area (Å²) >= 11 is 1.26. The van der Waals surface area contributed by atoms with Crippen molar-refractivity contribution in [3.05, 3.63) is 57.6 Å². The number of esters is 1. The van der Waals surface area contributed by atoms with E-state index in [4.69, 9.17) is 9.47 Å². The fourth-order valence-corrected chi connectivity index (χ4v) is 3.35. The topological polar surface area (TPSA) is 121 Å². The van der Waals surface area contributed by atoms with Gasteiger partial charge in [-0.25, -0.2) is 9.78 Å². The first-order chi connectivity index (χ1) is 13.4. The molecule has 2 aromatic carbocycles. The van der Waals surface area contributed by atoms with Crippen LogP contribution < -0.4 is 10.1 Å². The number of thiazole rings is 1. The number of nitrogens with one attached hydrogen (secondary N) is 1. The molecule has 0 saturated heterocycles. The summed E-state index contributed by atoms with van der Waals surface area (Å²) in [6, 6.07) is 9.20. The third-order valence-electron chi connectivity index (χ3n) is 3.81. The first kappa shape index (κ1) is 19.2. The number of hydrogen-bond acceptors (Lipinski definition) is 8. The standard InChI is InChI=1S/C18H15N3O6S/c1-10-7-11(3-6-14(10)21(24)25)17(23)27-9-16(22)20-18-19-13-5-4-12(26-2)8-15(13)28-18/h3-8H,9H2,1-2H3,(H,19,20,22). The Kier molecular flexibility index (Phi) is 5.50. The van der Waals surface area contributed by atoms with E-state index in [1.807, 2.05) is 0 Å². The molecule has 0 saturated carbocycles. The van der Waals surface area contributed by atoms with Crippen molar-refractivity contribution < 1.29 is 24.0 Å². The molecule has 10 heteroatoms. The number of nitro groups is 1. The number of anilines is 1. The molecule has 28 heavy (non-hydrogen) atoms. The Bertz CT molecular complexity index is 1080. The van der Waals surface area contributed by atoms with Gasteiger partial charge in [-0.3, -0.25) is 20.2 Å². The summed E-state index contributed by atoms with van der Waals surface area (Å²) in [6.45, 7) is 1.01. The van der Waals surface area contributed by atoms with Gasteiger partial charge in [0.1, 0.15) is 5.75 Å². The molecule has 9 nitrogen and oxygen atoms in total. The van der Waals surface area contributed by atoms with Gasteiger partial charge in [-0.1, -0.05) is 11.3 Å². The van der Waals surface area contributed by atoms with E-state index in [2.05, 4.69) is 10.3 Å². The summed E-state index contributed by atoms with van der Waals surface area (Å²) in [5, 5.41) is 13.8. The van der Waals surface area contributed by atoms with Gasteiger partial charge in [-0.05, 0) is 37.3 Å². The summed E-state index contributed by atoms with van der Waals surface area (Å²) in [7, 11) is 1.56. The molecule has 0 bridgehead atoms. The average molecular weight is 401 g/mol. The largest absolute Gasteiger partial charge is 0.497 e. The van der Waals surface area contributed by atoms with Crippen molar-refractivity contribution in [2.45, 2.75) is 6.92 Å². The monoisotopic (exact) mass is 401 g/mol. The van der Waals surface area contributed by atoms with E-state index < -0.39 is 23.4 Å². The zero-order valence-corrected chi connectivity index (χ0v) is 15.7. The predicted molar refractivity (Wildman–Crippen MR) is 103 cm³/mol. The fourth-order valence-electron chi connectivity index (χ4n) is 2.44. The highest BCUT2D eigenvalue weighted by Crippen LogP contribution is 2.29. The number of hydrogen-bond donors (Lipinski definition) is 1. The van der Waals surface area contributed by atoms with Crippen LogP contribution in [0.4, 0.5) is 10.8 Å². The van der Waals surface area contributed by atoms with Gasteiger partial charge in [0.25, 0.3) is 11.6 Å². The molecule has 1 N–H and O–H groups in total. The molecule has 3 rings (SSSR count). The third kappa shape index (κ3) is 4.23. The number of nitro benzene ring substituents is 1. The van der Waals surface area contributed by atoms with Crippen LogP contribution in [0.2, 0.25) is 0 Å². The Morgan fingerprint density at radius 2 is 2.04 bits per heavy atom. The van der Waals surface area contributed by atoms with Gasteiger partial charge >= 0.3 is 5.97 Å². The lowest BCUT2D eigenvalue weighted by atomic mass is 10.1. The second kappa shape index (κ2) is 8.01. The summed E-state index contributed by atoms with van der Waals surface area (Å²) in [4.78, 5) is 38.6. The molecule has 0 radical (unpaired) electrons. The van der Waals surface area contributed by atoms with Crippen LogP contribution in [0.1, 0.15) is 15.9 Å². The molecule has 0 atom stereocenters. The minimum Gasteiger partial charge on any atom is -0.497 e. The van der Waals surface area contributed by atoms with Crippen LogP contribution in [0, 0.1) is 17.0 Å². The van der Waals surface area contributed by atoms with Gasteiger partial charge < -0.3 is 9.47 Å². The number of aryl methyl sites for hydroxylation is 1. The molecule has 0 aliphatic rings. The summed E-state index contributed by atoms with van der Waals surface area (Å²) in [5.74, 6) is -0.610. The van der Waals surface area contributed by atoms with Crippen LogP contribution in [-0.2, 0) is 9.53 Å². The highest BCUT2D eigenvalue weighted by Gasteiger charge is 2.16. The van der Waals surface area contributed by atoms with Crippen LogP contribution in [0.25, 0.3) is 10.2 Å². The number of carbonyl (C=O) groups is 2. The molecule has 0 aliphatic carbocycles. The van der Waals surface area contributed by atoms with Crippen LogP contribution in [-0.4, -0.2) is 35.5 Å². The summed E-state index contributed by atoms with van der Waals surface area (Å²) in [6.07, 6.45) is 0. The van der Waals surface area contributed by atoms with E-state index in [1.54, 1.807) is 25.3 Å². The van der Waals surface area contributed by atoms with E-state index in [0.29, 0.717) is 22.0 Å². The number of carbonyl (C=O) groups excluding carboxylic acids is 2. The molecular weight excluding hydrogens is 386 g/mol. The van der Waals surface area contributed by atoms with Crippen LogP contribution in [0.5, 0.6) is 5.75 Å². The summed E-state index contributed by atoms with van der Waals surface area (Å²) < 4.78 is 10.9. The lowest BCUT2D eigenvalue weighted by Crippen LogP contribution is -2.20.